The van der Waals surface area contributed by atoms with Crippen molar-refractivity contribution in [3.05, 3.63) is 30.7 Å². The predicted molar refractivity (Wildman–Crippen MR) is 59.3 cm³/mol. The van der Waals surface area contributed by atoms with Crippen LogP contribution in [0.2, 0.25) is 0 Å². The topological polar surface area (TPSA) is 37.8 Å². The Hall–Kier alpha value is -1.38. The van der Waals surface area contributed by atoms with Gasteiger partial charge in [0.25, 0.3) is 0 Å². The summed E-state index contributed by atoms with van der Waals surface area (Å²) in [6.45, 7) is 7.89. The van der Waals surface area contributed by atoms with Crippen LogP contribution in [0.15, 0.2) is 25.0 Å². The summed E-state index contributed by atoms with van der Waals surface area (Å²) in [7, 11) is 0. The van der Waals surface area contributed by atoms with Crippen molar-refractivity contribution >= 4 is 5.82 Å². The first kappa shape index (κ1) is 10.7. The summed E-state index contributed by atoms with van der Waals surface area (Å²) in [6.07, 6.45) is 5.55. The Morgan fingerprint density at radius 2 is 2.36 bits per heavy atom. The number of nitrogens with one attached hydrogen (secondary N) is 1. The Labute approximate surface area is 85.3 Å². The van der Waals surface area contributed by atoms with Crippen LogP contribution in [-0.4, -0.2) is 16.0 Å². The first-order chi connectivity index (χ1) is 6.76. The average Bonchev–Trinajstić information content (AvgIpc) is 2.19. The van der Waals surface area contributed by atoms with Gasteiger partial charge in [-0.05, 0) is 13.3 Å². The standard InChI is InChI=1S/C11H17N3/c1-4-6-10-7-11(13-8-12-10)14-9(3)5-2/h5,7-9H,2,4,6H2,1,3H3,(H,12,13,14). The van der Waals surface area contributed by atoms with Crippen LogP contribution in [0.3, 0.4) is 0 Å². The molecule has 1 unspecified atom stereocenters. The summed E-state index contributed by atoms with van der Waals surface area (Å²) in [4.78, 5) is 8.32. The van der Waals surface area contributed by atoms with Crippen molar-refractivity contribution < 1.29 is 0 Å². The van der Waals surface area contributed by atoms with E-state index in [0.717, 1.165) is 24.4 Å². The number of rotatable bonds is 5. The molecule has 76 valence electrons. The lowest BCUT2D eigenvalue weighted by atomic mass is 10.2. The van der Waals surface area contributed by atoms with Crippen LogP contribution in [-0.2, 0) is 6.42 Å². The summed E-state index contributed by atoms with van der Waals surface area (Å²) < 4.78 is 0. The first-order valence-electron chi connectivity index (χ1n) is 4.96. The van der Waals surface area contributed by atoms with Gasteiger partial charge in [-0.25, -0.2) is 9.97 Å². The third kappa shape index (κ3) is 3.17. The molecule has 3 nitrogen and oxygen atoms in total. The van der Waals surface area contributed by atoms with E-state index in [9.17, 15) is 0 Å². The minimum Gasteiger partial charge on any atom is -0.364 e. The Bertz CT molecular complexity index is 296. The van der Waals surface area contributed by atoms with Crippen LogP contribution in [0.5, 0.6) is 0 Å². The number of hydrogen-bond acceptors (Lipinski definition) is 3. The van der Waals surface area contributed by atoms with Gasteiger partial charge in [0.1, 0.15) is 12.1 Å². The van der Waals surface area contributed by atoms with Gasteiger partial charge in [-0.2, -0.15) is 0 Å². The van der Waals surface area contributed by atoms with E-state index in [2.05, 4.69) is 28.8 Å². The Morgan fingerprint density at radius 3 is 3.00 bits per heavy atom. The molecule has 0 fully saturated rings. The highest BCUT2D eigenvalue weighted by Gasteiger charge is 1.99. The smallest absolute Gasteiger partial charge is 0.130 e. The van der Waals surface area contributed by atoms with Crippen LogP contribution in [0.1, 0.15) is 26.0 Å². The van der Waals surface area contributed by atoms with E-state index in [1.165, 1.54) is 0 Å². The second kappa shape index (κ2) is 5.37. The van der Waals surface area contributed by atoms with Crippen LogP contribution >= 0.6 is 0 Å². The SMILES string of the molecule is C=CC(C)Nc1cc(CCC)ncn1. The molecule has 0 aliphatic heterocycles. The molecule has 1 aromatic heterocycles. The molecule has 0 aliphatic carbocycles. The van der Waals surface area contributed by atoms with Crippen LogP contribution < -0.4 is 5.32 Å². The molecule has 0 amide bonds. The number of aromatic nitrogens is 2. The molecule has 1 atom stereocenters. The zero-order valence-electron chi connectivity index (χ0n) is 8.83. The molecule has 1 N–H and O–H groups in total. The Kier molecular flexibility index (Phi) is 4.11. The quantitative estimate of drug-likeness (QED) is 0.726. The maximum atomic E-state index is 4.19. The van der Waals surface area contributed by atoms with E-state index in [4.69, 9.17) is 0 Å². The normalized spacial score (nSPS) is 12.1. The van der Waals surface area contributed by atoms with E-state index in [1.807, 2.05) is 19.1 Å². The van der Waals surface area contributed by atoms with Gasteiger partial charge >= 0.3 is 0 Å². The number of anilines is 1. The minimum absolute atomic E-state index is 0.236. The number of hydrogen-bond donors (Lipinski definition) is 1. The van der Waals surface area contributed by atoms with Crippen molar-refractivity contribution in [2.75, 3.05) is 5.32 Å². The summed E-state index contributed by atoms with van der Waals surface area (Å²) in [5, 5.41) is 3.22. The molecular weight excluding hydrogens is 174 g/mol. The zero-order chi connectivity index (χ0) is 10.4. The van der Waals surface area contributed by atoms with Gasteiger partial charge in [0.05, 0.1) is 0 Å². The molecule has 0 bridgehead atoms. The third-order valence-electron chi connectivity index (χ3n) is 1.96. The summed E-state index contributed by atoms with van der Waals surface area (Å²) in [6, 6.07) is 2.23. The van der Waals surface area contributed by atoms with Crippen molar-refractivity contribution in [2.45, 2.75) is 32.7 Å². The summed E-state index contributed by atoms with van der Waals surface area (Å²) >= 11 is 0. The van der Waals surface area contributed by atoms with E-state index < -0.39 is 0 Å². The van der Waals surface area contributed by atoms with Crippen molar-refractivity contribution in [2.24, 2.45) is 0 Å². The molecule has 0 radical (unpaired) electrons. The second-order valence-corrected chi connectivity index (χ2v) is 3.31. The molecule has 1 aromatic rings. The lowest BCUT2D eigenvalue weighted by Crippen LogP contribution is -2.12. The second-order valence-electron chi connectivity index (χ2n) is 3.31. The molecule has 0 spiro atoms. The summed E-state index contributed by atoms with van der Waals surface area (Å²) in [5.41, 5.74) is 1.08. The number of nitrogens with zero attached hydrogens (tertiary/aromatic N) is 2. The van der Waals surface area contributed by atoms with E-state index in [-0.39, 0.29) is 6.04 Å². The van der Waals surface area contributed by atoms with Crippen molar-refractivity contribution in [3.63, 3.8) is 0 Å². The molecule has 3 heteroatoms. The summed E-state index contributed by atoms with van der Waals surface area (Å²) in [5.74, 6) is 0.871. The number of aryl methyl sites for hydroxylation is 1. The molecule has 1 rings (SSSR count). The Balaban J connectivity index is 2.67. The lowest BCUT2D eigenvalue weighted by molar-refractivity contribution is 0.868. The van der Waals surface area contributed by atoms with Gasteiger partial charge in [-0.3, -0.25) is 0 Å². The highest BCUT2D eigenvalue weighted by Crippen LogP contribution is 2.07. The van der Waals surface area contributed by atoms with E-state index in [1.54, 1.807) is 6.33 Å². The average molecular weight is 191 g/mol. The maximum Gasteiger partial charge on any atom is 0.130 e. The largest absolute Gasteiger partial charge is 0.364 e. The zero-order valence-corrected chi connectivity index (χ0v) is 8.83. The van der Waals surface area contributed by atoms with Crippen molar-refractivity contribution in [1.29, 1.82) is 0 Å². The van der Waals surface area contributed by atoms with Gasteiger partial charge in [0.2, 0.25) is 0 Å². The molecule has 1 heterocycles. The highest BCUT2D eigenvalue weighted by molar-refractivity contribution is 5.36. The van der Waals surface area contributed by atoms with E-state index >= 15 is 0 Å². The van der Waals surface area contributed by atoms with Crippen LogP contribution in [0, 0.1) is 0 Å². The lowest BCUT2D eigenvalue weighted by Gasteiger charge is -2.09. The van der Waals surface area contributed by atoms with Gasteiger partial charge in [-0.1, -0.05) is 19.4 Å². The maximum absolute atomic E-state index is 4.19. The monoisotopic (exact) mass is 191 g/mol. The molecule has 14 heavy (non-hydrogen) atoms. The fourth-order valence-corrected chi connectivity index (χ4v) is 1.16. The molecular formula is C11H17N3. The van der Waals surface area contributed by atoms with Crippen LogP contribution in [0.25, 0.3) is 0 Å². The van der Waals surface area contributed by atoms with Gasteiger partial charge < -0.3 is 5.32 Å². The van der Waals surface area contributed by atoms with E-state index in [0.29, 0.717) is 0 Å². The molecule has 0 saturated heterocycles. The van der Waals surface area contributed by atoms with Crippen LogP contribution in [0.4, 0.5) is 5.82 Å². The van der Waals surface area contributed by atoms with Gasteiger partial charge in [0, 0.05) is 17.8 Å². The molecule has 0 aliphatic rings. The van der Waals surface area contributed by atoms with Crippen molar-refractivity contribution in [3.8, 4) is 0 Å². The molecule has 0 aromatic carbocycles. The predicted octanol–water partition coefficient (Wildman–Crippen LogP) is 2.42. The van der Waals surface area contributed by atoms with Crippen molar-refractivity contribution in [1.82, 2.24) is 9.97 Å². The van der Waals surface area contributed by atoms with Gasteiger partial charge in [0.15, 0.2) is 0 Å². The Morgan fingerprint density at radius 1 is 1.57 bits per heavy atom. The van der Waals surface area contributed by atoms with Gasteiger partial charge in [-0.15, -0.1) is 6.58 Å². The minimum atomic E-state index is 0.236. The third-order valence-corrected chi connectivity index (χ3v) is 1.96. The first-order valence-corrected chi connectivity index (χ1v) is 4.96. The fraction of sp³-hybridized carbons (Fsp3) is 0.455. The fourth-order valence-electron chi connectivity index (χ4n) is 1.16. The molecule has 0 saturated carbocycles. The highest BCUT2D eigenvalue weighted by atomic mass is 15.0.